The van der Waals surface area contributed by atoms with Crippen LogP contribution in [0.1, 0.15) is 41.3 Å². The Morgan fingerprint density at radius 1 is 1.12 bits per heavy atom. The maximum Gasteiger partial charge on any atom is 0.253 e. The third kappa shape index (κ3) is 5.34. The fraction of sp³-hybridized carbons (Fsp3) is 0.333. The number of rotatable bonds is 8. The fourth-order valence-electron chi connectivity index (χ4n) is 2.69. The van der Waals surface area contributed by atoms with Crippen molar-refractivity contribution in [1.82, 2.24) is 5.32 Å². The van der Waals surface area contributed by atoms with Gasteiger partial charge in [0.05, 0.1) is 24.8 Å². The molecule has 2 rings (SSSR count). The zero-order chi connectivity index (χ0) is 18.9. The van der Waals surface area contributed by atoms with Gasteiger partial charge in [-0.15, -0.1) is 0 Å². The summed E-state index contributed by atoms with van der Waals surface area (Å²) in [5.74, 6) is 0.460. The van der Waals surface area contributed by atoms with Crippen LogP contribution in [-0.4, -0.2) is 25.5 Å². The molecule has 138 valence electrons. The molecule has 2 aromatic carbocycles. The Hall–Kier alpha value is -2.82. The Balaban J connectivity index is 2.05. The summed E-state index contributed by atoms with van der Waals surface area (Å²) >= 11 is 0. The molecule has 26 heavy (non-hydrogen) atoms. The summed E-state index contributed by atoms with van der Waals surface area (Å²) in [7, 11) is 1.62. The van der Waals surface area contributed by atoms with Crippen molar-refractivity contribution < 1.29 is 14.3 Å². The van der Waals surface area contributed by atoms with Crippen LogP contribution in [0.25, 0.3) is 0 Å². The summed E-state index contributed by atoms with van der Waals surface area (Å²) in [5, 5.41) is 5.73. The van der Waals surface area contributed by atoms with Crippen molar-refractivity contribution >= 4 is 17.5 Å². The van der Waals surface area contributed by atoms with Crippen molar-refractivity contribution in [3.8, 4) is 5.75 Å². The minimum atomic E-state index is -0.172. The first-order valence-corrected chi connectivity index (χ1v) is 8.85. The number of ether oxygens (including phenoxy) is 1. The monoisotopic (exact) mass is 354 g/mol. The van der Waals surface area contributed by atoms with Crippen LogP contribution < -0.4 is 15.4 Å². The molecule has 0 atom stereocenters. The molecule has 0 aromatic heterocycles. The van der Waals surface area contributed by atoms with E-state index >= 15 is 0 Å². The molecule has 0 radical (unpaired) electrons. The molecule has 5 heteroatoms. The van der Waals surface area contributed by atoms with Crippen LogP contribution in [0.3, 0.4) is 0 Å². The highest BCUT2D eigenvalue weighted by Gasteiger charge is 2.13. The first-order chi connectivity index (χ1) is 12.5. The molecule has 0 heterocycles. The molecule has 0 saturated heterocycles. The predicted octanol–water partition coefficient (Wildman–Crippen LogP) is 3.71. The van der Waals surface area contributed by atoms with E-state index in [4.69, 9.17) is 4.74 Å². The Morgan fingerprint density at radius 2 is 1.88 bits per heavy atom. The molecule has 0 saturated carbocycles. The van der Waals surface area contributed by atoms with Gasteiger partial charge in [0.1, 0.15) is 5.75 Å². The van der Waals surface area contributed by atoms with E-state index in [0.717, 1.165) is 29.7 Å². The standard InChI is InChI=1S/C21H26N2O3/c1-4-5-12-22-21(25)17-8-6-7-9-18(17)23-20(24)14-16-10-11-19(26-3)15(2)13-16/h6-11,13H,4-5,12,14H2,1-3H3,(H,22,25)(H,23,24). The number of benzene rings is 2. The van der Waals surface area contributed by atoms with Crippen LogP contribution in [-0.2, 0) is 11.2 Å². The van der Waals surface area contributed by atoms with Gasteiger partial charge in [-0.1, -0.05) is 37.6 Å². The molecule has 0 aliphatic rings. The first-order valence-electron chi connectivity index (χ1n) is 8.85. The second kappa shape index (κ2) is 9.61. The molecule has 5 nitrogen and oxygen atoms in total. The maximum absolute atomic E-state index is 12.4. The van der Waals surface area contributed by atoms with E-state index in [-0.39, 0.29) is 18.2 Å². The molecule has 0 bridgehead atoms. The molecule has 0 spiro atoms. The molecular weight excluding hydrogens is 328 g/mol. The second-order valence-corrected chi connectivity index (χ2v) is 6.18. The number of methoxy groups -OCH3 is 1. The van der Waals surface area contributed by atoms with Crippen LogP contribution >= 0.6 is 0 Å². The molecule has 2 amide bonds. The average molecular weight is 354 g/mol. The van der Waals surface area contributed by atoms with E-state index in [1.807, 2.05) is 25.1 Å². The van der Waals surface area contributed by atoms with E-state index in [2.05, 4.69) is 17.6 Å². The average Bonchev–Trinajstić information content (AvgIpc) is 2.62. The lowest BCUT2D eigenvalue weighted by molar-refractivity contribution is -0.115. The lowest BCUT2D eigenvalue weighted by Gasteiger charge is -2.12. The number of unbranched alkanes of at least 4 members (excludes halogenated alkanes) is 1. The number of carbonyl (C=O) groups excluding carboxylic acids is 2. The van der Waals surface area contributed by atoms with Gasteiger partial charge in [0, 0.05) is 6.54 Å². The number of hydrogen-bond acceptors (Lipinski definition) is 3. The summed E-state index contributed by atoms with van der Waals surface area (Å²) < 4.78 is 5.24. The van der Waals surface area contributed by atoms with Gasteiger partial charge in [-0.25, -0.2) is 0 Å². The lowest BCUT2D eigenvalue weighted by atomic mass is 10.1. The molecule has 0 aliphatic carbocycles. The van der Waals surface area contributed by atoms with Crippen molar-refractivity contribution in [2.75, 3.05) is 19.0 Å². The van der Waals surface area contributed by atoms with Gasteiger partial charge in [-0.3, -0.25) is 9.59 Å². The Morgan fingerprint density at radius 3 is 2.58 bits per heavy atom. The van der Waals surface area contributed by atoms with E-state index in [1.54, 1.807) is 31.4 Å². The highest BCUT2D eigenvalue weighted by Crippen LogP contribution is 2.20. The van der Waals surface area contributed by atoms with Crippen LogP contribution in [0.15, 0.2) is 42.5 Å². The summed E-state index contributed by atoms with van der Waals surface area (Å²) in [5.41, 5.74) is 2.87. The number of amides is 2. The predicted molar refractivity (Wildman–Crippen MR) is 104 cm³/mol. The van der Waals surface area contributed by atoms with Gasteiger partial charge in [-0.05, 0) is 42.7 Å². The van der Waals surface area contributed by atoms with E-state index in [9.17, 15) is 9.59 Å². The van der Waals surface area contributed by atoms with Gasteiger partial charge >= 0.3 is 0 Å². The highest BCUT2D eigenvalue weighted by atomic mass is 16.5. The minimum absolute atomic E-state index is 0.164. The van der Waals surface area contributed by atoms with Crippen molar-refractivity contribution in [2.24, 2.45) is 0 Å². The smallest absolute Gasteiger partial charge is 0.253 e. The minimum Gasteiger partial charge on any atom is -0.496 e. The highest BCUT2D eigenvalue weighted by molar-refractivity contribution is 6.04. The van der Waals surface area contributed by atoms with Gasteiger partial charge in [0.2, 0.25) is 5.91 Å². The number of hydrogen-bond donors (Lipinski definition) is 2. The van der Waals surface area contributed by atoms with Crippen LogP contribution in [0.5, 0.6) is 5.75 Å². The number of para-hydroxylation sites is 1. The SMILES string of the molecule is CCCCNC(=O)c1ccccc1NC(=O)Cc1ccc(OC)c(C)c1. The lowest BCUT2D eigenvalue weighted by Crippen LogP contribution is -2.26. The Labute approximate surface area is 154 Å². The Bertz CT molecular complexity index is 772. The Kier molecular flexibility index (Phi) is 7.21. The number of nitrogens with one attached hydrogen (secondary N) is 2. The fourth-order valence-corrected chi connectivity index (χ4v) is 2.69. The van der Waals surface area contributed by atoms with Crippen LogP contribution in [0.2, 0.25) is 0 Å². The van der Waals surface area contributed by atoms with Gasteiger partial charge in [0.25, 0.3) is 5.91 Å². The first kappa shape index (κ1) is 19.5. The van der Waals surface area contributed by atoms with Gasteiger partial charge < -0.3 is 15.4 Å². The van der Waals surface area contributed by atoms with Crippen LogP contribution in [0.4, 0.5) is 5.69 Å². The molecule has 0 aliphatic heterocycles. The van der Waals surface area contributed by atoms with Crippen molar-refractivity contribution in [1.29, 1.82) is 0 Å². The van der Waals surface area contributed by atoms with Crippen molar-refractivity contribution in [2.45, 2.75) is 33.1 Å². The number of aryl methyl sites for hydroxylation is 1. The summed E-state index contributed by atoms with van der Waals surface area (Å²) in [4.78, 5) is 24.7. The normalized spacial score (nSPS) is 10.3. The van der Waals surface area contributed by atoms with E-state index < -0.39 is 0 Å². The summed E-state index contributed by atoms with van der Waals surface area (Å²) in [6.45, 7) is 4.64. The molecular formula is C21H26N2O3. The molecule has 2 N–H and O–H groups in total. The van der Waals surface area contributed by atoms with Crippen molar-refractivity contribution in [3.05, 3.63) is 59.2 Å². The molecule has 0 unspecified atom stereocenters. The third-order valence-corrected chi connectivity index (χ3v) is 4.09. The largest absolute Gasteiger partial charge is 0.496 e. The molecule has 0 fully saturated rings. The van der Waals surface area contributed by atoms with Crippen molar-refractivity contribution in [3.63, 3.8) is 0 Å². The number of carbonyl (C=O) groups is 2. The second-order valence-electron chi connectivity index (χ2n) is 6.18. The quantitative estimate of drug-likeness (QED) is 0.710. The summed E-state index contributed by atoms with van der Waals surface area (Å²) in [6, 6.07) is 12.7. The maximum atomic E-state index is 12.4. The molecule has 2 aromatic rings. The van der Waals surface area contributed by atoms with Crippen LogP contribution in [0, 0.1) is 6.92 Å². The number of anilines is 1. The zero-order valence-corrected chi connectivity index (χ0v) is 15.6. The zero-order valence-electron chi connectivity index (χ0n) is 15.6. The topological polar surface area (TPSA) is 67.4 Å². The van der Waals surface area contributed by atoms with E-state index in [1.165, 1.54) is 0 Å². The van der Waals surface area contributed by atoms with Gasteiger partial charge in [-0.2, -0.15) is 0 Å². The van der Waals surface area contributed by atoms with E-state index in [0.29, 0.717) is 17.8 Å². The third-order valence-electron chi connectivity index (χ3n) is 4.09. The van der Waals surface area contributed by atoms with Gasteiger partial charge in [0.15, 0.2) is 0 Å². The summed E-state index contributed by atoms with van der Waals surface area (Å²) in [6.07, 6.45) is 2.17.